The maximum absolute atomic E-state index is 5.90. The van der Waals surface area contributed by atoms with E-state index in [-0.39, 0.29) is 18.1 Å². The largest absolute Gasteiger partial charge is 0.379 e. The second-order valence-corrected chi connectivity index (χ2v) is 4.70. The predicted octanol–water partition coefficient (Wildman–Crippen LogP) is 0.854. The molecule has 0 amide bonds. The average Bonchev–Trinajstić information content (AvgIpc) is 2.87. The Morgan fingerprint density at radius 2 is 2.18 bits per heavy atom. The number of aromatic nitrogens is 2. The van der Waals surface area contributed by atoms with Gasteiger partial charge in [-0.3, -0.25) is 0 Å². The predicted molar refractivity (Wildman–Crippen MR) is 60.4 cm³/mol. The van der Waals surface area contributed by atoms with Gasteiger partial charge in [-0.1, -0.05) is 19.0 Å². The fraction of sp³-hybridized carbons (Fsp3) is 0.818. The van der Waals surface area contributed by atoms with Gasteiger partial charge < -0.3 is 19.7 Å². The van der Waals surface area contributed by atoms with E-state index in [1.54, 1.807) is 7.11 Å². The lowest BCUT2D eigenvalue weighted by Gasteiger charge is -2.14. The number of nitrogens with zero attached hydrogens (tertiary/aromatic N) is 2. The van der Waals surface area contributed by atoms with Crippen molar-refractivity contribution >= 4 is 0 Å². The smallest absolute Gasteiger partial charge is 0.233 e. The van der Waals surface area contributed by atoms with E-state index in [0.29, 0.717) is 30.8 Å². The van der Waals surface area contributed by atoms with Crippen LogP contribution in [-0.2, 0) is 9.47 Å². The fourth-order valence-electron chi connectivity index (χ4n) is 2.01. The van der Waals surface area contributed by atoms with Crippen LogP contribution in [0.15, 0.2) is 4.52 Å². The Bertz CT molecular complexity index is 350. The lowest BCUT2D eigenvalue weighted by Crippen LogP contribution is -2.27. The summed E-state index contributed by atoms with van der Waals surface area (Å²) in [6, 6.07) is -0.0663. The van der Waals surface area contributed by atoms with E-state index in [9.17, 15) is 0 Å². The molecule has 6 nitrogen and oxygen atoms in total. The van der Waals surface area contributed by atoms with E-state index in [0.717, 1.165) is 0 Å². The average molecular weight is 241 g/mol. The van der Waals surface area contributed by atoms with Crippen LogP contribution in [0.2, 0.25) is 0 Å². The molecule has 0 aliphatic carbocycles. The van der Waals surface area contributed by atoms with Gasteiger partial charge in [0, 0.05) is 13.2 Å². The molecule has 0 bridgehead atoms. The number of hydrogen-bond donors (Lipinski definition) is 1. The van der Waals surface area contributed by atoms with Crippen molar-refractivity contribution in [2.45, 2.75) is 31.9 Å². The zero-order valence-corrected chi connectivity index (χ0v) is 10.4. The monoisotopic (exact) mass is 241 g/mol. The molecule has 1 aliphatic rings. The van der Waals surface area contributed by atoms with Crippen LogP contribution in [0.1, 0.15) is 37.6 Å². The molecule has 2 heterocycles. The molecule has 1 aromatic rings. The van der Waals surface area contributed by atoms with Gasteiger partial charge in [0.15, 0.2) is 0 Å². The zero-order chi connectivity index (χ0) is 12.4. The lowest BCUT2D eigenvalue weighted by molar-refractivity contribution is 0.0555. The number of ether oxygens (including phenoxy) is 2. The SMILES string of the molecule is COC(c1noc(C2COCC2N)n1)C(C)C. The van der Waals surface area contributed by atoms with Gasteiger partial charge in [-0.2, -0.15) is 4.98 Å². The molecule has 1 aromatic heterocycles. The van der Waals surface area contributed by atoms with Crippen LogP contribution in [0.5, 0.6) is 0 Å². The minimum absolute atomic E-state index is 0.000850. The fourth-order valence-corrected chi connectivity index (χ4v) is 2.01. The molecule has 0 aromatic carbocycles. The summed E-state index contributed by atoms with van der Waals surface area (Å²) in [4.78, 5) is 4.37. The van der Waals surface area contributed by atoms with Crippen LogP contribution in [0.4, 0.5) is 0 Å². The summed E-state index contributed by atoms with van der Waals surface area (Å²) in [7, 11) is 1.64. The molecule has 1 fully saturated rings. The Kier molecular flexibility index (Phi) is 3.76. The molecule has 0 saturated carbocycles. The summed E-state index contributed by atoms with van der Waals surface area (Å²) in [6.45, 7) is 5.19. The highest BCUT2D eigenvalue weighted by atomic mass is 16.5. The molecule has 3 unspecified atom stereocenters. The highest BCUT2D eigenvalue weighted by Gasteiger charge is 2.32. The summed E-state index contributed by atoms with van der Waals surface area (Å²) in [5.41, 5.74) is 5.90. The van der Waals surface area contributed by atoms with Gasteiger partial charge in [0.05, 0.1) is 19.1 Å². The Hall–Kier alpha value is -0.980. The molecule has 1 saturated heterocycles. The van der Waals surface area contributed by atoms with Crippen LogP contribution in [0, 0.1) is 5.92 Å². The van der Waals surface area contributed by atoms with Crippen molar-refractivity contribution in [1.82, 2.24) is 10.1 Å². The maximum atomic E-state index is 5.90. The van der Waals surface area contributed by atoms with Crippen LogP contribution < -0.4 is 5.73 Å². The normalized spacial score (nSPS) is 26.6. The molecule has 3 atom stereocenters. The Morgan fingerprint density at radius 3 is 2.71 bits per heavy atom. The molecule has 6 heteroatoms. The van der Waals surface area contributed by atoms with Gasteiger partial charge in [-0.15, -0.1) is 0 Å². The highest BCUT2D eigenvalue weighted by molar-refractivity contribution is 5.03. The maximum Gasteiger partial charge on any atom is 0.233 e. The number of hydrogen-bond acceptors (Lipinski definition) is 6. The zero-order valence-electron chi connectivity index (χ0n) is 10.4. The first-order valence-corrected chi connectivity index (χ1v) is 5.83. The molecule has 1 aliphatic heterocycles. The van der Waals surface area contributed by atoms with Crippen molar-refractivity contribution in [3.8, 4) is 0 Å². The van der Waals surface area contributed by atoms with Gasteiger partial charge in [0.25, 0.3) is 0 Å². The number of methoxy groups -OCH3 is 1. The first-order valence-electron chi connectivity index (χ1n) is 5.83. The molecule has 0 spiro atoms. The van der Waals surface area contributed by atoms with E-state index < -0.39 is 0 Å². The van der Waals surface area contributed by atoms with Crippen molar-refractivity contribution in [3.63, 3.8) is 0 Å². The van der Waals surface area contributed by atoms with Crippen LogP contribution >= 0.6 is 0 Å². The third kappa shape index (κ3) is 2.48. The van der Waals surface area contributed by atoms with E-state index in [4.69, 9.17) is 19.7 Å². The number of rotatable bonds is 4. The number of nitrogens with two attached hydrogens (primary N) is 1. The highest BCUT2D eigenvalue weighted by Crippen LogP contribution is 2.27. The molecular weight excluding hydrogens is 222 g/mol. The van der Waals surface area contributed by atoms with Gasteiger partial charge >= 0.3 is 0 Å². The van der Waals surface area contributed by atoms with Gasteiger partial charge in [0.1, 0.15) is 6.10 Å². The topological polar surface area (TPSA) is 83.4 Å². The summed E-state index contributed by atoms with van der Waals surface area (Å²) in [6.07, 6.45) is -0.147. The standard InChI is InChI=1S/C11H19N3O3/c1-6(2)9(15-3)10-13-11(17-14-10)7-4-16-5-8(7)12/h6-9H,4-5,12H2,1-3H3. The Labute approximate surface area is 100 Å². The van der Waals surface area contributed by atoms with E-state index in [1.807, 2.05) is 0 Å². The van der Waals surface area contributed by atoms with Crippen molar-refractivity contribution in [1.29, 1.82) is 0 Å². The summed E-state index contributed by atoms with van der Waals surface area (Å²) in [5, 5.41) is 3.97. The Morgan fingerprint density at radius 1 is 1.41 bits per heavy atom. The van der Waals surface area contributed by atoms with Crippen LogP contribution in [-0.4, -0.2) is 36.5 Å². The molecule has 17 heavy (non-hydrogen) atoms. The van der Waals surface area contributed by atoms with Gasteiger partial charge in [0.2, 0.25) is 11.7 Å². The molecule has 2 rings (SSSR count). The second-order valence-electron chi connectivity index (χ2n) is 4.70. The van der Waals surface area contributed by atoms with E-state index in [1.165, 1.54) is 0 Å². The molecule has 0 radical (unpaired) electrons. The van der Waals surface area contributed by atoms with E-state index in [2.05, 4.69) is 24.0 Å². The minimum atomic E-state index is -0.147. The van der Waals surface area contributed by atoms with Crippen molar-refractivity contribution in [2.24, 2.45) is 11.7 Å². The summed E-state index contributed by atoms with van der Waals surface area (Å²) >= 11 is 0. The van der Waals surface area contributed by atoms with Crippen molar-refractivity contribution < 1.29 is 14.0 Å². The van der Waals surface area contributed by atoms with Crippen molar-refractivity contribution in [2.75, 3.05) is 20.3 Å². The molecular formula is C11H19N3O3. The van der Waals surface area contributed by atoms with Gasteiger partial charge in [-0.05, 0) is 5.92 Å². The van der Waals surface area contributed by atoms with Crippen LogP contribution in [0.25, 0.3) is 0 Å². The minimum Gasteiger partial charge on any atom is -0.379 e. The summed E-state index contributed by atoms with van der Waals surface area (Å²) in [5.74, 6) is 1.42. The first kappa shape index (κ1) is 12.5. The first-order chi connectivity index (χ1) is 8.13. The summed E-state index contributed by atoms with van der Waals surface area (Å²) < 4.78 is 15.9. The third-order valence-corrected chi connectivity index (χ3v) is 3.01. The quantitative estimate of drug-likeness (QED) is 0.841. The van der Waals surface area contributed by atoms with E-state index >= 15 is 0 Å². The van der Waals surface area contributed by atoms with Gasteiger partial charge in [-0.25, -0.2) is 0 Å². The third-order valence-electron chi connectivity index (χ3n) is 3.01. The van der Waals surface area contributed by atoms with Crippen molar-refractivity contribution in [3.05, 3.63) is 11.7 Å². The second kappa shape index (κ2) is 5.12. The molecule has 96 valence electrons. The lowest BCUT2D eigenvalue weighted by atomic mass is 10.0. The van der Waals surface area contributed by atoms with Crippen LogP contribution in [0.3, 0.4) is 0 Å². The Balaban J connectivity index is 2.14. The molecule has 2 N–H and O–H groups in total.